The van der Waals surface area contributed by atoms with Crippen LogP contribution in [0.3, 0.4) is 0 Å². The predicted molar refractivity (Wildman–Crippen MR) is 82.7 cm³/mol. The van der Waals surface area contributed by atoms with Crippen LogP contribution in [0.4, 0.5) is 11.4 Å². The summed E-state index contributed by atoms with van der Waals surface area (Å²) in [6.45, 7) is 3.47. The van der Waals surface area contributed by atoms with Crippen molar-refractivity contribution < 1.29 is 0 Å². The second-order valence-corrected chi connectivity index (χ2v) is 5.49. The first kappa shape index (κ1) is 14.3. The number of nitrogens with zero attached hydrogens (tertiary/aromatic N) is 3. The molecule has 0 unspecified atom stereocenters. The lowest BCUT2D eigenvalue weighted by Crippen LogP contribution is -2.11. The van der Waals surface area contributed by atoms with Gasteiger partial charge in [0, 0.05) is 17.6 Å². The second-order valence-electron chi connectivity index (χ2n) is 4.19. The fraction of sp³-hybridized carbons (Fsp3) is 0.286. The maximum atomic E-state index is 9.31. The highest BCUT2D eigenvalue weighted by atomic mass is 32.2. The van der Waals surface area contributed by atoms with Crippen molar-refractivity contribution in [3.05, 3.63) is 36.2 Å². The molecule has 1 heterocycles. The van der Waals surface area contributed by atoms with E-state index in [1.807, 2.05) is 18.2 Å². The average Bonchev–Trinajstić information content (AvgIpc) is 2.85. The molecule has 0 saturated heterocycles. The molecule has 0 radical (unpaired) electrons. The van der Waals surface area contributed by atoms with Crippen LogP contribution in [-0.4, -0.2) is 22.1 Å². The SMILES string of the molecule is CCSc1cccc(NCCn2cc(N)cn2)c1C#N. The summed E-state index contributed by atoms with van der Waals surface area (Å²) < 4.78 is 1.78. The van der Waals surface area contributed by atoms with Crippen LogP contribution in [-0.2, 0) is 6.54 Å². The standard InChI is InChI=1S/C14H17N5S/c1-2-20-14-5-3-4-13(12(14)8-15)17-6-7-19-10-11(16)9-18-19/h3-5,9-10,17H,2,6-7,16H2,1H3. The minimum Gasteiger partial charge on any atom is -0.396 e. The molecule has 0 fully saturated rings. The minimum absolute atomic E-state index is 0.657. The third-order valence-corrected chi connectivity index (χ3v) is 3.69. The first-order valence-corrected chi connectivity index (χ1v) is 7.41. The lowest BCUT2D eigenvalue weighted by molar-refractivity contribution is 0.638. The second kappa shape index (κ2) is 6.87. The van der Waals surface area contributed by atoms with Gasteiger partial charge in [-0.1, -0.05) is 13.0 Å². The molecule has 5 nitrogen and oxygen atoms in total. The van der Waals surface area contributed by atoms with Crippen LogP contribution in [0.5, 0.6) is 0 Å². The van der Waals surface area contributed by atoms with E-state index in [2.05, 4.69) is 23.4 Å². The zero-order valence-corrected chi connectivity index (χ0v) is 12.2. The molecule has 0 atom stereocenters. The van der Waals surface area contributed by atoms with Crippen molar-refractivity contribution in [1.29, 1.82) is 5.26 Å². The average molecular weight is 287 g/mol. The van der Waals surface area contributed by atoms with Gasteiger partial charge in [0.05, 0.1) is 29.7 Å². The van der Waals surface area contributed by atoms with Crippen molar-refractivity contribution in [1.82, 2.24) is 9.78 Å². The van der Waals surface area contributed by atoms with Crippen molar-refractivity contribution in [2.24, 2.45) is 0 Å². The number of benzene rings is 1. The highest BCUT2D eigenvalue weighted by Gasteiger charge is 2.07. The molecular weight excluding hydrogens is 270 g/mol. The smallest absolute Gasteiger partial charge is 0.102 e. The monoisotopic (exact) mass is 287 g/mol. The summed E-state index contributed by atoms with van der Waals surface area (Å²) in [7, 11) is 0. The van der Waals surface area contributed by atoms with Crippen molar-refractivity contribution in [3.63, 3.8) is 0 Å². The van der Waals surface area contributed by atoms with Crippen molar-refractivity contribution >= 4 is 23.1 Å². The molecule has 0 saturated carbocycles. The van der Waals surface area contributed by atoms with Crippen LogP contribution in [0.25, 0.3) is 0 Å². The van der Waals surface area contributed by atoms with E-state index in [1.54, 1.807) is 28.8 Å². The molecule has 20 heavy (non-hydrogen) atoms. The lowest BCUT2D eigenvalue weighted by Gasteiger charge is -2.11. The summed E-state index contributed by atoms with van der Waals surface area (Å²) in [5.41, 5.74) is 7.84. The van der Waals surface area contributed by atoms with Crippen LogP contribution in [0.2, 0.25) is 0 Å². The molecule has 0 spiro atoms. The number of thioether (sulfide) groups is 1. The normalized spacial score (nSPS) is 10.2. The summed E-state index contributed by atoms with van der Waals surface area (Å²) in [4.78, 5) is 1.02. The summed E-state index contributed by atoms with van der Waals surface area (Å²) >= 11 is 1.68. The van der Waals surface area contributed by atoms with Crippen LogP contribution >= 0.6 is 11.8 Å². The largest absolute Gasteiger partial charge is 0.396 e. The molecule has 3 N–H and O–H groups in total. The number of anilines is 2. The molecule has 104 valence electrons. The lowest BCUT2D eigenvalue weighted by atomic mass is 10.2. The third-order valence-electron chi connectivity index (χ3n) is 2.75. The Balaban J connectivity index is 2.02. The molecule has 0 aliphatic carbocycles. The molecule has 6 heteroatoms. The molecule has 2 aromatic rings. The zero-order valence-electron chi connectivity index (χ0n) is 11.3. The maximum absolute atomic E-state index is 9.31. The van der Waals surface area contributed by atoms with Crippen LogP contribution in [0, 0.1) is 11.3 Å². The number of hydrogen-bond acceptors (Lipinski definition) is 5. The number of nitrogens with two attached hydrogens (primary N) is 1. The number of aromatic nitrogens is 2. The van der Waals surface area contributed by atoms with Crippen LogP contribution in [0.1, 0.15) is 12.5 Å². The highest BCUT2D eigenvalue weighted by Crippen LogP contribution is 2.27. The Kier molecular flexibility index (Phi) is 4.91. The van der Waals surface area contributed by atoms with Crippen LogP contribution < -0.4 is 11.1 Å². The molecular formula is C14H17N5S. The molecule has 0 aliphatic rings. The molecule has 0 bridgehead atoms. The molecule has 2 rings (SSSR count). The third kappa shape index (κ3) is 3.45. The van der Waals surface area contributed by atoms with E-state index in [9.17, 15) is 5.26 Å². The van der Waals surface area contributed by atoms with E-state index in [0.717, 1.165) is 16.3 Å². The van der Waals surface area contributed by atoms with Gasteiger partial charge in [0.1, 0.15) is 6.07 Å². The van der Waals surface area contributed by atoms with Gasteiger partial charge in [-0.2, -0.15) is 10.4 Å². The van der Waals surface area contributed by atoms with E-state index >= 15 is 0 Å². The Morgan fingerprint density at radius 2 is 2.35 bits per heavy atom. The number of rotatable bonds is 6. The van der Waals surface area contributed by atoms with E-state index in [-0.39, 0.29) is 0 Å². The van der Waals surface area contributed by atoms with Gasteiger partial charge in [-0.25, -0.2) is 0 Å². The Bertz CT molecular complexity index is 614. The van der Waals surface area contributed by atoms with E-state index in [4.69, 9.17) is 5.73 Å². The van der Waals surface area contributed by atoms with Gasteiger partial charge in [-0.3, -0.25) is 4.68 Å². The zero-order chi connectivity index (χ0) is 14.4. The Labute approximate surface area is 122 Å². The van der Waals surface area contributed by atoms with Gasteiger partial charge in [-0.15, -0.1) is 11.8 Å². The maximum Gasteiger partial charge on any atom is 0.102 e. The van der Waals surface area contributed by atoms with E-state index in [1.165, 1.54) is 0 Å². The fourth-order valence-electron chi connectivity index (χ4n) is 1.88. The minimum atomic E-state index is 0.657. The Hall–Kier alpha value is -2.13. The topological polar surface area (TPSA) is 79.7 Å². The van der Waals surface area contributed by atoms with Gasteiger partial charge in [0.2, 0.25) is 0 Å². The Morgan fingerprint density at radius 1 is 1.50 bits per heavy atom. The van der Waals surface area contributed by atoms with E-state index in [0.29, 0.717) is 24.3 Å². The van der Waals surface area contributed by atoms with Gasteiger partial charge in [-0.05, 0) is 17.9 Å². The summed E-state index contributed by atoms with van der Waals surface area (Å²) in [6, 6.07) is 8.15. The summed E-state index contributed by atoms with van der Waals surface area (Å²) in [5, 5.41) is 16.7. The van der Waals surface area contributed by atoms with Crippen LogP contribution in [0.15, 0.2) is 35.5 Å². The molecule has 1 aromatic carbocycles. The van der Waals surface area contributed by atoms with Gasteiger partial charge in [0.25, 0.3) is 0 Å². The predicted octanol–water partition coefficient (Wildman–Crippen LogP) is 2.56. The van der Waals surface area contributed by atoms with Gasteiger partial charge in [0.15, 0.2) is 0 Å². The highest BCUT2D eigenvalue weighted by molar-refractivity contribution is 7.99. The van der Waals surface area contributed by atoms with E-state index < -0.39 is 0 Å². The molecule has 0 aliphatic heterocycles. The first-order valence-electron chi connectivity index (χ1n) is 6.42. The van der Waals surface area contributed by atoms with Crippen molar-refractivity contribution in [3.8, 4) is 6.07 Å². The van der Waals surface area contributed by atoms with Crippen molar-refractivity contribution in [2.45, 2.75) is 18.4 Å². The first-order chi connectivity index (χ1) is 9.74. The fourth-order valence-corrected chi connectivity index (χ4v) is 2.66. The number of hydrogen-bond donors (Lipinski definition) is 2. The number of nitrogens with one attached hydrogen (secondary N) is 1. The number of nitrogen functional groups attached to an aromatic ring is 1. The van der Waals surface area contributed by atoms with Gasteiger partial charge < -0.3 is 11.1 Å². The summed E-state index contributed by atoms with van der Waals surface area (Å²) in [5.74, 6) is 0.949. The Morgan fingerprint density at radius 3 is 3.00 bits per heavy atom. The van der Waals surface area contributed by atoms with Crippen molar-refractivity contribution in [2.75, 3.05) is 23.3 Å². The van der Waals surface area contributed by atoms with Gasteiger partial charge >= 0.3 is 0 Å². The quantitative estimate of drug-likeness (QED) is 0.798. The summed E-state index contributed by atoms with van der Waals surface area (Å²) in [6.07, 6.45) is 3.41. The molecule has 0 amide bonds. The molecule has 1 aromatic heterocycles. The number of nitriles is 1.